The number of halogens is 1. The molecule has 0 radical (unpaired) electrons. The number of hydrogen-bond donors (Lipinski definition) is 1. The van der Waals surface area contributed by atoms with Crippen LogP contribution in [0, 0.1) is 5.41 Å². The first-order chi connectivity index (χ1) is 8.51. The first-order valence-electron chi connectivity index (χ1n) is 6.12. The Balaban J connectivity index is 1.95. The fraction of sp³-hybridized carbons (Fsp3) is 0.538. The Bertz CT molecular complexity index is 442. The minimum atomic E-state index is 0.0217. The van der Waals surface area contributed by atoms with E-state index >= 15 is 0 Å². The van der Waals surface area contributed by atoms with E-state index in [9.17, 15) is 0 Å². The van der Waals surface area contributed by atoms with E-state index in [2.05, 4.69) is 16.8 Å². The largest absolute Gasteiger partial charge is 0.393 e. The summed E-state index contributed by atoms with van der Waals surface area (Å²) in [5, 5.41) is 0.736. The molecule has 0 aliphatic carbocycles. The molecule has 1 aliphatic rings. The quantitative estimate of drug-likeness (QED) is 0.866. The van der Waals surface area contributed by atoms with Crippen LogP contribution < -0.4 is 5.73 Å². The number of thiocarbonyl (C=S) groups is 1. The summed E-state index contributed by atoms with van der Waals surface area (Å²) in [6.45, 7) is 5.04. The van der Waals surface area contributed by atoms with Crippen LogP contribution >= 0.6 is 23.8 Å². The molecular formula is C13H18ClN3S. The second-order valence-electron chi connectivity index (χ2n) is 5.17. The number of pyridine rings is 1. The van der Waals surface area contributed by atoms with Crippen molar-refractivity contribution in [1.82, 2.24) is 9.88 Å². The Labute approximate surface area is 118 Å². The SMILES string of the molecule is CC1(C(N)=S)CCN(Cc2ccncc2Cl)CC1. The van der Waals surface area contributed by atoms with Crippen molar-refractivity contribution in [3.05, 3.63) is 29.0 Å². The first kappa shape index (κ1) is 13.7. The highest BCUT2D eigenvalue weighted by Gasteiger charge is 2.32. The Morgan fingerprint density at radius 3 is 2.78 bits per heavy atom. The van der Waals surface area contributed by atoms with Crippen molar-refractivity contribution >= 4 is 28.8 Å². The van der Waals surface area contributed by atoms with Crippen LogP contribution in [-0.4, -0.2) is 28.0 Å². The van der Waals surface area contributed by atoms with Crippen molar-refractivity contribution in [3.8, 4) is 0 Å². The normalized spacial score (nSPS) is 19.7. The van der Waals surface area contributed by atoms with Crippen molar-refractivity contribution in [2.24, 2.45) is 11.1 Å². The molecule has 1 saturated heterocycles. The summed E-state index contributed by atoms with van der Waals surface area (Å²) in [6.07, 6.45) is 5.51. The van der Waals surface area contributed by atoms with E-state index in [0.29, 0.717) is 4.99 Å². The standard InChI is InChI=1S/C13H18ClN3S/c1-13(12(15)18)3-6-17(7-4-13)9-10-2-5-16-8-11(10)14/h2,5,8H,3-4,6-7,9H2,1H3,(H2,15,18). The molecule has 2 rings (SSSR count). The molecule has 0 spiro atoms. The second kappa shape index (κ2) is 5.51. The van der Waals surface area contributed by atoms with E-state index in [1.807, 2.05) is 6.07 Å². The summed E-state index contributed by atoms with van der Waals surface area (Å²) >= 11 is 11.3. The lowest BCUT2D eigenvalue weighted by atomic mass is 9.80. The average molecular weight is 284 g/mol. The molecule has 2 N–H and O–H groups in total. The van der Waals surface area contributed by atoms with Gasteiger partial charge in [-0.05, 0) is 37.6 Å². The van der Waals surface area contributed by atoms with E-state index in [1.165, 1.54) is 0 Å². The molecule has 1 aliphatic heterocycles. The molecule has 3 nitrogen and oxygen atoms in total. The number of nitrogens with two attached hydrogens (primary N) is 1. The van der Waals surface area contributed by atoms with Crippen LogP contribution in [0.2, 0.25) is 5.02 Å². The van der Waals surface area contributed by atoms with Crippen LogP contribution in [0.4, 0.5) is 0 Å². The maximum Gasteiger partial charge on any atom is 0.0788 e. The van der Waals surface area contributed by atoms with E-state index in [0.717, 1.165) is 43.1 Å². The zero-order valence-corrected chi connectivity index (χ0v) is 12.1. The summed E-state index contributed by atoms with van der Waals surface area (Å²) in [4.78, 5) is 7.03. The van der Waals surface area contributed by atoms with Gasteiger partial charge in [0.15, 0.2) is 0 Å². The maximum atomic E-state index is 6.12. The topological polar surface area (TPSA) is 42.1 Å². The fourth-order valence-electron chi connectivity index (χ4n) is 2.22. The van der Waals surface area contributed by atoms with Gasteiger partial charge >= 0.3 is 0 Å². The third kappa shape index (κ3) is 2.99. The summed E-state index contributed by atoms with van der Waals surface area (Å²) < 4.78 is 0. The van der Waals surface area contributed by atoms with Gasteiger partial charge in [0.1, 0.15) is 0 Å². The number of hydrogen-bond acceptors (Lipinski definition) is 3. The lowest BCUT2D eigenvalue weighted by Crippen LogP contribution is -2.44. The molecule has 0 aromatic carbocycles. The maximum absolute atomic E-state index is 6.12. The summed E-state index contributed by atoms with van der Waals surface area (Å²) in [7, 11) is 0. The third-order valence-electron chi connectivity index (χ3n) is 3.80. The van der Waals surface area contributed by atoms with Gasteiger partial charge in [-0.15, -0.1) is 0 Å². The van der Waals surface area contributed by atoms with E-state index < -0.39 is 0 Å². The van der Waals surface area contributed by atoms with E-state index in [-0.39, 0.29) is 5.41 Å². The molecule has 1 aromatic rings. The van der Waals surface area contributed by atoms with E-state index in [1.54, 1.807) is 12.4 Å². The van der Waals surface area contributed by atoms with Crippen LogP contribution in [-0.2, 0) is 6.54 Å². The Hall–Kier alpha value is -0.710. The van der Waals surface area contributed by atoms with Crippen LogP contribution in [0.1, 0.15) is 25.3 Å². The molecule has 0 unspecified atom stereocenters. The van der Waals surface area contributed by atoms with Gasteiger partial charge in [-0.1, -0.05) is 30.7 Å². The predicted molar refractivity (Wildman–Crippen MR) is 78.7 cm³/mol. The highest BCUT2D eigenvalue weighted by molar-refractivity contribution is 7.80. The minimum absolute atomic E-state index is 0.0217. The molecule has 1 aromatic heterocycles. The highest BCUT2D eigenvalue weighted by atomic mass is 35.5. The molecule has 0 saturated carbocycles. The number of likely N-dealkylation sites (tertiary alicyclic amines) is 1. The van der Waals surface area contributed by atoms with Gasteiger partial charge < -0.3 is 5.73 Å². The molecule has 18 heavy (non-hydrogen) atoms. The van der Waals surface area contributed by atoms with Crippen molar-refractivity contribution in [1.29, 1.82) is 0 Å². The Morgan fingerprint density at radius 1 is 1.56 bits per heavy atom. The zero-order valence-electron chi connectivity index (χ0n) is 10.5. The van der Waals surface area contributed by atoms with Crippen molar-refractivity contribution < 1.29 is 0 Å². The number of piperidine rings is 1. The number of nitrogens with zero attached hydrogens (tertiary/aromatic N) is 2. The summed E-state index contributed by atoms with van der Waals surface area (Å²) in [5.74, 6) is 0. The van der Waals surface area contributed by atoms with Crippen molar-refractivity contribution in [2.75, 3.05) is 13.1 Å². The molecule has 0 amide bonds. The third-order valence-corrected chi connectivity index (χ3v) is 4.64. The number of rotatable bonds is 3. The van der Waals surface area contributed by atoms with Crippen molar-refractivity contribution in [2.45, 2.75) is 26.3 Å². The molecular weight excluding hydrogens is 266 g/mol. The molecule has 1 fully saturated rings. The van der Waals surface area contributed by atoms with Gasteiger partial charge in [-0.25, -0.2) is 0 Å². The van der Waals surface area contributed by atoms with E-state index in [4.69, 9.17) is 29.6 Å². The molecule has 98 valence electrons. The average Bonchev–Trinajstić information content (AvgIpc) is 2.35. The van der Waals surface area contributed by atoms with Gasteiger partial charge in [0.2, 0.25) is 0 Å². The summed E-state index contributed by atoms with van der Waals surface area (Å²) in [5.41, 5.74) is 6.96. The molecule has 5 heteroatoms. The lowest BCUT2D eigenvalue weighted by molar-refractivity contribution is 0.158. The number of aromatic nitrogens is 1. The molecule has 0 atom stereocenters. The monoisotopic (exact) mass is 283 g/mol. The second-order valence-corrected chi connectivity index (χ2v) is 6.02. The highest BCUT2D eigenvalue weighted by Crippen LogP contribution is 2.32. The minimum Gasteiger partial charge on any atom is -0.393 e. The zero-order chi connectivity index (χ0) is 13.2. The first-order valence-corrected chi connectivity index (χ1v) is 6.90. The lowest BCUT2D eigenvalue weighted by Gasteiger charge is -2.38. The predicted octanol–water partition coefficient (Wildman–Crippen LogP) is 2.62. The van der Waals surface area contributed by atoms with Crippen LogP contribution in [0.5, 0.6) is 0 Å². The Morgan fingerprint density at radius 2 is 2.22 bits per heavy atom. The van der Waals surface area contributed by atoms with Gasteiger partial charge in [-0.3, -0.25) is 9.88 Å². The van der Waals surface area contributed by atoms with Crippen LogP contribution in [0.15, 0.2) is 18.5 Å². The van der Waals surface area contributed by atoms with Crippen LogP contribution in [0.3, 0.4) is 0 Å². The van der Waals surface area contributed by atoms with Gasteiger partial charge in [0, 0.05) is 24.4 Å². The fourth-order valence-corrected chi connectivity index (χ4v) is 2.61. The van der Waals surface area contributed by atoms with Crippen LogP contribution in [0.25, 0.3) is 0 Å². The van der Waals surface area contributed by atoms with Crippen molar-refractivity contribution in [3.63, 3.8) is 0 Å². The van der Waals surface area contributed by atoms with Gasteiger partial charge in [-0.2, -0.15) is 0 Å². The molecule has 0 bridgehead atoms. The molecule has 2 heterocycles. The summed E-state index contributed by atoms with van der Waals surface area (Å²) in [6, 6.07) is 1.98. The van der Waals surface area contributed by atoms with Gasteiger partial charge in [0.05, 0.1) is 10.0 Å². The smallest absolute Gasteiger partial charge is 0.0788 e. The van der Waals surface area contributed by atoms with Gasteiger partial charge in [0.25, 0.3) is 0 Å². The Kier molecular flexibility index (Phi) is 4.20.